The van der Waals surface area contributed by atoms with Gasteiger partial charge < -0.3 is 0 Å². The summed E-state index contributed by atoms with van der Waals surface area (Å²) >= 11 is 0. The predicted molar refractivity (Wildman–Crippen MR) is 103 cm³/mol. The zero-order chi connectivity index (χ0) is 17.2. The highest BCUT2D eigenvalue weighted by Crippen LogP contribution is 2.35. The second-order valence-electron chi connectivity index (χ2n) is 5.54. The van der Waals surface area contributed by atoms with E-state index in [1.165, 1.54) is 22.3 Å². The number of pyridine rings is 2. The maximum absolute atomic E-state index is 3.78. The Morgan fingerprint density at radius 1 is 0.440 bits per heavy atom. The van der Waals surface area contributed by atoms with E-state index in [9.17, 15) is 0 Å². The van der Waals surface area contributed by atoms with Crippen LogP contribution in [0.1, 0.15) is 11.1 Å². The molecular weight excluding hydrogens is 304 g/mol. The monoisotopic (exact) mass is 324 g/mol. The molecule has 2 nitrogen and oxygen atoms in total. The fraction of sp³-hybridized carbons (Fsp3) is 0.0435. The van der Waals surface area contributed by atoms with Crippen molar-refractivity contribution in [2.45, 2.75) is 6.42 Å². The Bertz CT molecular complexity index is 746. The molecule has 0 aliphatic heterocycles. The molecule has 2 aromatic carbocycles. The number of fused-ring (bicyclic) bond motifs is 3. The van der Waals surface area contributed by atoms with E-state index in [0.29, 0.717) is 0 Å². The minimum absolute atomic E-state index is 1.10. The van der Waals surface area contributed by atoms with E-state index in [4.69, 9.17) is 0 Å². The van der Waals surface area contributed by atoms with Crippen LogP contribution in [0.4, 0.5) is 0 Å². The van der Waals surface area contributed by atoms with E-state index in [-0.39, 0.29) is 0 Å². The Labute approximate surface area is 148 Å². The molecule has 0 N–H and O–H groups in total. The van der Waals surface area contributed by atoms with Gasteiger partial charge in [-0.25, -0.2) is 0 Å². The molecule has 0 saturated heterocycles. The minimum Gasteiger partial charge on any atom is -0.265 e. The highest BCUT2D eigenvalue weighted by atomic mass is 14.6. The summed E-state index contributed by atoms with van der Waals surface area (Å²) in [5, 5.41) is 0. The molecule has 2 heteroatoms. The molecule has 0 unspecified atom stereocenters. The minimum atomic E-state index is 1.10. The van der Waals surface area contributed by atoms with Crippen LogP contribution in [-0.2, 0) is 6.42 Å². The van der Waals surface area contributed by atoms with Crippen LogP contribution in [-0.4, -0.2) is 9.97 Å². The number of hydrogen-bond acceptors (Lipinski definition) is 2. The number of hydrogen-bond donors (Lipinski definition) is 0. The fourth-order valence-electron chi connectivity index (χ4n) is 2.70. The van der Waals surface area contributed by atoms with Gasteiger partial charge in [0.2, 0.25) is 0 Å². The first-order valence-corrected chi connectivity index (χ1v) is 8.31. The van der Waals surface area contributed by atoms with Crippen LogP contribution >= 0.6 is 0 Å². The van der Waals surface area contributed by atoms with Gasteiger partial charge in [-0.2, -0.15) is 0 Å². The Morgan fingerprint density at radius 2 is 0.840 bits per heavy atom. The SMILES string of the molecule is c1ccc2c(c1)Cc1ccccc1-2.c1ccncc1.c1ccncc1. The Balaban J connectivity index is 0.000000127. The molecule has 0 atom stereocenters. The molecule has 0 bridgehead atoms. The van der Waals surface area contributed by atoms with E-state index in [0.717, 1.165) is 6.42 Å². The summed E-state index contributed by atoms with van der Waals surface area (Å²) in [5.41, 5.74) is 5.75. The van der Waals surface area contributed by atoms with Gasteiger partial charge in [0, 0.05) is 24.8 Å². The fourth-order valence-corrected chi connectivity index (χ4v) is 2.70. The maximum atomic E-state index is 3.78. The standard InChI is InChI=1S/C13H10.2C5H5N/c1-3-7-12-10(5-1)9-11-6-2-4-8-13(11)12;2*1-2-4-6-5-3-1/h1-8H,9H2;2*1-5H. The lowest BCUT2D eigenvalue weighted by molar-refractivity contribution is 1.26. The largest absolute Gasteiger partial charge is 0.265 e. The Hall–Kier alpha value is -3.26. The van der Waals surface area contributed by atoms with E-state index >= 15 is 0 Å². The molecule has 0 spiro atoms. The molecule has 0 saturated carbocycles. The molecule has 1 aliphatic carbocycles. The molecule has 0 amide bonds. The number of benzene rings is 2. The van der Waals surface area contributed by atoms with Crippen LogP contribution in [0, 0.1) is 0 Å². The summed E-state index contributed by atoms with van der Waals surface area (Å²) in [6, 6.07) is 28.7. The first kappa shape index (κ1) is 16.6. The second-order valence-corrected chi connectivity index (χ2v) is 5.54. The van der Waals surface area contributed by atoms with Gasteiger partial charge >= 0.3 is 0 Å². The first-order chi connectivity index (χ1) is 12.4. The molecule has 0 radical (unpaired) electrons. The van der Waals surface area contributed by atoms with Gasteiger partial charge in [-0.1, -0.05) is 60.7 Å². The molecule has 25 heavy (non-hydrogen) atoms. The van der Waals surface area contributed by atoms with Gasteiger partial charge in [-0.05, 0) is 52.9 Å². The zero-order valence-electron chi connectivity index (χ0n) is 14.0. The van der Waals surface area contributed by atoms with Crippen molar-refractivity contribution in [1.82, 2.24) is 9.97 Å². The van der Waals surface area contributed by atoms with Gasteiger partial charge in [-0.15, -0.1) is 0 Å². The smallest absolute Gasteiger partial charge is 0.0267 e. The van der Waals surface area contributed by atoms with Crippen molar-refractivity contribution in [2.24, 2.45) is 0 Å². The van der Waals surface area contributed by atoms with Gasteiger partial charge in [0.1, 0.15) is 0 Å². The van der Waals surface area contributed by atoms with Crippen LogP contribution in [0.5, 0.6) is 0 Å². The number of rotatable bonds is 0. The topological polar surface area (TPSA) is 25.8 Å². The molecule has 5 rings (SSSR count). The maximum Gasteiger partial charge on any atom is 0.0267 e. The summed E-state index contributed by atoms with van der Waals surface area (Å²) < 4.78 is 0. The van der Waals surface area contributed by atoms with Gasteiger partial charge in [0.05, 0.1) is 0 Å². The molecular formula is C23H20N2. The van der Waals surface area contributed by atoms with E-state index in [1.54, 1.807) is 24.8 Å². The predicted octanol–water partition coefficient (Wildman–Crippen LogP) is 5.42. The highest BCUT2D eigenvalue weighted by molar-refractivity contribution is 5.76. The van der Waals surface area contributed by atoms with Crippen molar-refractivity contribution in [2.75, 3.05) is 0 Å². The summed E-state index contributed by atoms with van der Waals surface area (Å²) in [5.74, 6) is 0. The quantitative estimate of drug-likeness (QED) is 0.380. The molecule has 1 aliphatic rings. The van der Waals surface area contributed by atoms with Gasteiger partial charge in [-0.3, -0.25) is 9.97 Å². The van der Waals surface area contributed by atoms with Crippen molar-refractivity contribution in [1.29, 1.82) is 0 Å². The van der Waals surface area contributed by atoms with E-state index in [1.807, 2.05) is 36.4 Å². The van der Waals surface area contributed by atoms with E-state index in [2.05, 4.69) is 58.5 Å². The van der Waals surface area contributed by atoms with Gasteiger partial charge in [0.15, 0.2) is 0 Å². The summed E-state index contributed by atoms with van der Waals surface area (Å²) in [6.45, 7) is 0. The van der Waals surface area contributed by atoms with Crippen molar-refractivity contribution in [3.63, 3.8) is 0 Å². The summed E-state index contributed by atoms with van der Waals surface area (Å²) in [7, 11) is 0. The number of aromatic nitrogens is 2. The lowest BCUT2D eigenvalue weighted by atomic mass is 10.1. The Kier molecular flexibility index (Phi) is 6.06. The number of nitrogens with zero attached hydrogens (tertiary/aromatic N) is 2. The summed E-state index contributed by atoms with van der Waals surface area (Å²) in [4.78, 5) is 7.57. The van der Waals surface area contributed by atoms with Crippen molar-refractivity contribution >= 4 is 0 Å². The molecule has 4 aromatic rings. The second kappa shape index (κ2) is 9.14. The van der Waals surface area contributed by atoms with Crippen LogP contribution in [0.25, 0.3) is 11.1 Å². The van der Waals surface area contributed by atoms with Crippen LogP contribution < -0.4 is 0 Å². The third-order valence-electron chi connectivity index (χ3n) is 3.84. The van der Waals surface area contributed by atoms with Crippen LogP contribution in [0.2, 0.25) is 0 Å². The normalized spacial score (nSPS) is 10.2. The van der Waals surface area contributed by atoms with Crippen molar-refractivity contribution in [3.8, 4) is 11.1 Å². The molecule has 2 aromatic heterocycles. The summed E-state index contributed by atoms with van der Waals surface area (Å²) in [6.07, 6.45) is 8.10. The average molecular weight is 324 g/mol. The third kappa shape index (κ3) is 4.85. The van der Waals surface area contributed by atoms with Gasteiger partial charge in [0.25, 0.3) is 0 Å². The first-order valence-electron chi connectivity index (χ1n) is 8.31. The zero-order valence-corrected chi connectivity index (χ0v) is 14.0. The van der Waals surface area contributed by atoms with Crippen molar-refractivity contribution in [3.05, 3.63) is 121 Å². The third-order valence-corrected chi connectivity index (χ3v) is 3.84. The van der Waals surface area contributed by atoms with Crippen LogP contribution in [0.15, 0.2) is 110 Å². The molecule has 0 fully saturated rings. The molecule has 2 heterocycles. The lowest BCUT2D eigenvalue weighted by Gasteiger charge is -1.98. The molecule has 122 valence electrons. The van der Waals surface area contributed by atoms with Crippen molar-refractivity contribution < 1.29 is 0 Å². The van der Waals surface area contributed by atoms with Crippen LogP contribution in [0.3, 0.4) is 0 Å². The van der Waals surface area contributed by atoms with E-state index < -0.39 is 0 Å². The lowest BCUT2D eigenvalue weighted by Crippen LogP contribution is -1.77. The average Bonchev–Trinajstić information content (AvgIpc) is 3.10. The Morgan fingerprint density at radius 3 is 1.16 bits per heavy atom. The highest BCUT2D eigenvalue weighted by Gasteiger charge is 2.15.